The average Bonchev–Trinajstić information content (AvgIpc) is 0.811. The fourth-order valence-electron chi connectivity index (χ4n) is 0. The summed E-state index contributed by atoms with van der Waals surface area (Å²) in [5, 5.41) is 0. The third-order valence-corrected chi connectivity index (χ3v) is 0. The van der Waals surface area contributed by atoms with Crippen LogP contribution in [0.4, 0.5) is 0 Å². The molecule has 0 radical (unpaired) electrons. The summed E-state index contributed by atoms with van der Waals surface area (Å²) in [6, 6.07) is 0. The maximum absolute atomic E-state index is 3.44. The minimum absolute atomic E-state index is 0. The van der Waals surface area contributed by atoms with Crippen LogP contribution in [-0.4, -0.2) is 23.1 Å². The molecule has 0 rings (SSSR count). The molecule has 0 aliphatic heterocycles. The van der Waals surface area contributed by atoms with E-state index in [0.717, 1.165) is 5.57 Å². The van der Waals surface area contributed by atoms with Crippen molar-refractivity contribution in [2.45, 2.75) is 6.92 Å². The molecule has 0 aromatic heterocycles. The monoisotopic (exact) mass is 206 g/mol. The molecular formula is C4H7IMg. The van der Waals surface area contributed by atoms with Crippen LogP contribution in [0.5, 0.6) is 0 Å². The van der Waals surface area contributed by atoms with Gasteiger partial charge in [0, 0.05) is 0 Å². The zero-order chi connectivity index (χ0) is 3.58. The van der Waals surface area contributed by atoms with E-state index in [0.29, 0.717) is 0 Å². The Morgan fingerprint density at radius 3 is 1.67 bits per heavy atom. The minimum atomic E-state index is 0. The smallest absolute Gasteiger partial charge is 1.00 e. The Morgan fingerprint density at radius 2 is 1.67 bits per heavy atom. The molecule has 0 N–H and O–H groups in total. The van der Waals surface area contributed by atoms with E-state index >= 15 is 0 Å². The number of hydrogen-bond donors (Lipinski definition) is 0. The Morgan fingerprint density at radius 1 is 1.67 bits per heavy atom. The summed E-state index contributed by atoms with van der Waals surface area (Å²) in [5.41, 5.74) is 0.917. The van der Waals surface area contributed by atoms with Crippen molar-refractivity contribution in [2.24, 2.45) is 0 Å². The molecule has 0 aromatic rings. The van der Waals surface area contributed by atoms with Crippen molar-refractivity contribution >= 4 is 23.1 Å². The molecule has 0 aliphatic carbocycles. The van der Waals surface area contributed by atoms with Gasteiger partial charge in [-0.3, -0.25) is 0 Å². The fraction of sp³-hybridized carbons (Fsp3) is 0.250. The Bertz CT molecular complexity index is 30.5. The van der Waals surface area contributed by atoms with Gasteiger partial charge in [0.1, 0.15) is 0 Å². The van der Waals surface area contributed by atoms with Crippen LogP contribution in [0.2, 0.25) is 0 Å². The van der Waals surface area contributed by atoms with Crippen LogP contribution in [0.25, 0.3) is 0 Å². The van der Waals surface area contributed by atoms with E-state index in [1.54, 1.807) is 0 Å². The van der Waals surface area contributed by atoms with Gasteiger partial charge in [0.2, 0.25) is 0 Å². The van der Waals surface area contributed by atoms with Crippen molar-refractivity contribution in [1.29, 1.82) is 0 Å². The molecule has 0 nitrogen and oxygen atoms in total. The number of hydrogen-bond acceptors (Lipinski definition) is 0. The first kappa shape index (κ1) is 15.7. The molecule has 0 aromatic carbocycles. The van der Waals surface area contributed by atoms with Crippen LogP contribution < -0.4 is 24.0 Å². The number of halogens is 1. The second-order valence-corrected chi connectivity index (χ2v) is 0.957. The Labute approximate surface area is 72.6 Å². The van der Waals surface area contributed by atoms with Gasteiger partial charge in [-0.2, -0.15) is 0 Å². The van der Waals surface area contributed by atoms with Crippen LogP contribution in [0.1, 0.15) is 6.92 Å². The van der Waals surface area contributed by atoms with E-state index in [-0.39, 0.29) is 47.0 Å². The summed E-state index contributed by atoms with van der Waals surface area (Å²) in [4.78, 5) is 0. The molecule has 0 fully saturated rings. The van der Waals surface area contributed by atoms with Crippen LogP contribution in [0.15, 0.2) is 12.2 Å². The molecule has 0 spiro atoms. The van der Waals surface area contributed by atoms with Crippen molar-refractivity contribution < 1.29 is 24.0 Å². The van der Waals surface area contributed by atoms with Crippen molar-refractivity contribution in [2.75, 3.05) is 0 Å². The molecule has 0 saturated carbocycles. The van der Waals surface area contributed by atoms with Crippen LogP contribution >= 0.6 is 0 Å². The average molecular weight is 206 g/mol. The third kappa shape index (κ3) is 70.4. The van der Waals surface area contributed by atoms with Gasteiger partial charge >= 0.3 is 23.1 Å². The van der Waals surface area contributed by atoms with Gasteiger partial charge in [0.15, 0.2) is 0 Å². The predicted octanol–water partition coefficient (Wildman–Crippen LogP) is -1.98. The van der Waals surface area contributed by atoms with Crippen molar-refractivity contribution in [1.82, 2.24) is 0 Å². The summed E-state index contributed by atoms with van der Waals surface area (Å²) in [6.45, 7) is 8.75. The predicted molar refractivity (Wildman–Crippen MR) is 25.9 cm³/mol. The molecule has 0 unspecified atom stereocenters. The molecule has 0 atom stereocenters. The molecule has 2 heteroatoms. The summed E-state index contributed by atoms with van der Waals surface area (Å²) >= 11 is 0. The molecule has 0 bridgehead atoms. The SMILES string of the molecule is C=C([CH2-])C.[I-].[Mg+2]. The van der Waals surface area contributed by atoms with Crippen molar-refractivity contribution in [3.63, 3.8) is 0 Å². The number of rotatable bonds is 0. The topological polar surface area (TPSA) is 0 Å². The van der Waals surface area contributed by atoms with Gasteiger partial charge < -0.3 is 24.0 Å². The van der Waals surface area contributed by atoms with Gasteiger partial charge in [-0.25, -0.2) is 19.1 Å². The second kappa shape index (κ2) is 9.44. The fourth-order valence-corrected chi connectivity index (χ4v) is 0. The van der Waals surface area contributed by atoms with Gasteiger partial charge in [0.05, 0.1) is 0 Å². The first-order valence-electron chi connectivity index (χ1n) is 1.21. The zero-order valence-corrected chi connectivity index (χ0v) is 7.57. The second-order valence-electron chi connectivity index (χ2n) is 0.957. The first-order valence-corrected chi connectivity index (χ1v) is 1.21. The summed E-state index contributed by atoms with van der Waals surface area (Å²) in [5.74, 6) is 0. The van der Waals surface area contributed by atoms with Crippen LogP contribution in [0.3, 0.4) is 0 Å². The Hall–Kier alpha value is 1.11. The molecule has 32 valence electrons. The standard InChI is InChI=1S/C4H7.HI.Mg/c1-4(2)3;;/h1-2H2,3H3;1H;/q-1;;+2/p-1. The van der Waals surface area contributed by atoms with Crippen molar-refractivity contribution in [3.8, 4) is 0 Å². The summed E-state index contributed by atoms with van der Waals surface area (Å²) < 4.78 is 0. The molecule has 0 amide bonds. The largest absolute Gasteiger partial charge is 2.00 e. The first-order chi connectivity index (χ1) is 1.73. The Balaban J connectivity index is -0.0000000450. The minimum Gasteiger partial charge on any atom is -1.00 e. The Kier molecular flexibility index (Phi) is 24.7. The number of allylic oxidation sites excluding steroid dienone is 1. The zero-order valence-electron chi connectivity index (χ0n) is 4.00. The quantitative estimate of drug-likeness (QED) is 0.245. The molecule has 6 heavy (non-hydrogen) atoms. The van der Waals surface area contributed by atoms with E-state index in [1.165, 1.54) is 0 Å². The van der Waals surface area contributed by atoms with E-state index in [2.05, 4.69) is 13.5 Å². The van der Waals surface area contributed by atoms with E-state index in [1.807, 2.05) is 6.92 Å². The van der Waals surface area contributed by atoms with Gasteiger partial charge in [-0.05, 0) is 0 Å². The van der Waals surface area contributed by atoms with Gasteiger partial charge in [0.25, 0.3) is 0 Å². The molecule has 0 saturated heterocycles. The van der Waals surface area contributed by atoms with Crippen LogP contribution in [-0.2, 0) is 0 Å². The van der Waals surface area contributed by atoms with Gasteiger partial charge in [-0.15, -0.1) is 0 Å². The molecular weight excluding hydrogens is 199 g/mol. The van der Waals surface area contributed by atoms with Crippen molar-refractivity contribution in [3.05, 3.63) is 19.1 Å². The normalized spacial score (nSPS) is 4.17. The third-order valence-electron chi connectivity index (χ3n) is 0. The summed E-state index contributed by atoms with van der Waals surface area (Å²) in [7, 11) is 0. The molecule has 0 heterocycles. The maximum atomic E-state index is 3.44. The van der Waals surface area contributed by atoms with E-state index in [9.17, 15) is 0 Å². The molecule has 0 aliphatic rings. The van der Waals surface area contributed by atoms with E-state index < -0.39 is 0 Å². The van der Waals surface area contributed by atoms with Gasteiger partial charge in [-0.1, -0.05) is 6.92 Å². The maximum Gasteiger partial charge on any atom is 2.00 e. The summed E-state index contributed by atoms with van der Waals surface area (Å²) in [6.07, 6.45) is 0. The van der Waals surface area contributed by atoms with Crippen LogP contribution in [0, 0.1) is 6.92 Å². The van der Waals surface area contributed by atoms with E-state index in [4.69, 9.17) is 0 Å².